The minimum absolute atomic E-state index is 0.118. The zero-order chi connectivity index (χ0) is 13.2. The molecule has 1 aromatic rings. The first-order valence-corrected chi connectivity index (χ1v) is 6.79. The first kappa shape index (κ1) is 12.5. The second-order valence-electron chi connectivity index (χ2n) is 5.02. The summed E-state index contributed by atoms with van der Waals surface area (Å²) in [6, 6.07) is 1.22. The number of rotatable bonds is 1. The molecular formula is C14H18FNO3. The molecule has 0 atom stereocenters. The molecule has 2 heterocycles. The molecule has 0 radical (unpaired) electrons. The quantitative estimate of drug-likeness (QED) is 0.818. The Morgan fingerprint density at radius 2 is 1.95 bits per heavy atom. The minimum Gasteiger partial charge on any atom is -0.505 e. The summed E-state index contributed by atoms with van der Waals surface area (Å²) >= 11 is 0. The van der Waals surface area contributed by atoms with Crippen molar-refractivity contribution in [1.29, 1.82) is 0 Å². The molecule has 2 aliphatic rings. The van der Waals surface area contributed by atoms with E-state index < -0.39 is 5.82 Å². The Labute approximate surface area is 111 Å². The highest BCUT2D eigenvalue weighted by Crippen LogP contribution is 2.46. The lowest BCUT2D eigenvalue weighted by atomic mass is 9.88. The molecule has 104 valence electrons. The number of hydrogen-bond donors (Lipinski definition) is 2. The van der Waals surface area contributed by atoms with E-state index in [9.17, 15) is 9.50 Å². The van der Waals surface area contributed by atoms with Crippen LogP contribution in [0.25, 0.3) is 0 Å². The molecule has 3 rings (SSSR count). The first-order valence-electron chi connectivity index (χ1n) is 6.79. The number of nitrogens with one attached hydrogen (secondary N) is 1. The maximum Gasteiger partial charge on any atom is 0.169 e. The summed E-state index contributed by atoms with van der Waals surface area (Å²) in [6.45, 7) is 2.80. The maximum absolute atomic E-state index is 13.9. The van der Waals surface area contributed by atoms with Gasteiger partial charge in [0.1, 0.15) is 0 Å². The SMILES string of the molecule is Oc1c(F)cc2c(c1C1CCNCC1)OCCCO2. The monoisotopic (exact) mass is 267 g/mol. The van der Waals surface area contributed by atoms with Gasteiger partial charge in [-0.1, -0.05) is 0 Å². The highest BCUT2D eigenvalue weighted by atomic mass is 19.1. The second-order valence-corrected chi connectivity index (χ2v) is 5.02. The summed E-state index contributed by atoms with van der Waals surface area (Å²) < 4.78 is 25.1. The molecule has 0 aromatic heterocycles. The van der Waals surface area contributed by atoms with Crippen LogP contribution < -0.4 is 14.8 Å². The first-order chi connectivity index (χ1) is 9.27. The van der Waals surface area contributed by atoms with E-state index in [0.29, 0.717) is 30.3 Å². The molecule has 0 unspecified atom stereocenters. The smallest absolute Gasteiger partial charge is 0.169 e. The van der Waals surface area contributed by atoms with E-state index in [4.69, 9.17) is 9.47 Å². The standard InChI is InChI=1S/C14H18FNO3/c15-10-8-11-14(19-7-1-6-18-11)12(13(10)17)9-2-4-16-5-3-9/h8-9,16-17H,1-7H2. The van der Waals surface area contributed by atoms with E-state index in [0.717, 1.165) is 32.4 Å². The Balaban J connectivity index is 2.07. The van der Waals surface area contributed by atoms with Crippen molar-refractivity contribution in [2.45, 2.75) is 25.2 Å². The molecule has 1 saturated heterocycles. The number of aromatic hydroxyl groups is 1. The van der Waals surface area contributed by atoms with Crippen molar-refractivity contribution in [3.05, 3.63) is 17.4 Å². The number of ether oxygens (including phenoxy) is 2. The predicted molar refractivity (Wildman–Crippen MR) is 68.5 cm³/mol. The van der Waals surface area contributed by atoms with Gasteiger partial charge in [0.25, 0.3) is 0 Å². The average Bonchev–Trinajstić information content (AvgIpc) is 2.66. The van der Waals surface area contributed by atoms with Crippen LogP contribution >= 0.6 is 0 Å². The second kappa shape index (κ2) is 5.25. The Bertz CT molecular complexity index is 472. The topological polar surface area (TPSA) is 50.7 Å². The molecule has 2 aliphatic heterocycles. The molecule has 2 N–H and O–H groups in total. The Hall–Kier alpha value is -1.49. The molecular weight excluding hydrogens is 249 g/mol. The summed E-state index contributed by atoms with van der Waals surface area (Å²) in [7, 11) is 0. The minimum atomic E-state index is -0.627. The van der Waals surface area contributed by atoms with Gasteiger partial charge in [-0.3, -0.25) is 0 Å². The summed E-state index contributed by atoms with van der Waals surface area (Å²) in [4.78, 5) is 0. The van der Waals surface area contributed by atoms with E-state index in [-0.39, 0.29) is 11.7 Å². The third-order valence-corrected chi connectivity index (χ3v) is 3.75. The Morgan fingerprint density at radius 3 is 2.74 bits per heavy atom. The van der Waals surface area contributed by atoms with Gasteiger partial charge in [0.15, 0.2) is 23.1 Å². The molecule has 4 nitrogen and oxygen atoms in total. The van der Waals surface area contributed by atoms with E-state index >= 15 is 0 Å². The van der Waals surface area contributed by atoms with Crippen molar-refractivity contribution in [2.24, 2.45) is 0 Å². The fraction of sp³-hybridized carbons (Fsp3) is 0.571. The van der Waals surface area contributed by atoms with Crippen molar-refractivity contribution in [1.82, 2.24) is 5.32 Å². The number of hydrogen-bond acceptors (Lipinski definition) is 4. The summed E-state index contributed by atoms with van der Waals surface area (Å²) in [5.41, 5.74) is 0.582. The molecule has 0 bridgehead atoms. The van der Waals surface area contributed by atoms with Crippen LogP contribution in [0, 0.1) is 5.82 Å². The zero-order valence-corrected chi connectivity index (χ0v) is 10.7. The van der Waals surface area contributed by atoms with Crippen LogP contribution in [-0.2, 0) is 0 Å². The third kappa shape index (κ3) is 2.34. The van der Waals surface area contributed by atoms with Crippen LogP contribution in [0.2, 0.25) is 0 Å². The third-order valence-electron chi connectivity index (χ3n) is 3.75. The van der Waals surface area contributed by atoms with Gasteiger partial charge >= 0.3 is 0 Å². The van der Waals surface area contributed by atoms with Crippen LogP contribution in [0.5, 0.6) is 17.2 Å². The van der Waals surface area contributed by atoms with E-state index in [1.54, 1.807) is 0 Å². The van der Waals surface area contributed by atoms with Crippen molar-refractivity contribution in [3.8, 4) is 17.2 Å². The van der Waals surface area contributed by atoms with Gasteiger partial charge in [0.05, 0.1) is 13.2 Å². The van der Waals surface area contributed by atoms with Gasteiger partial charge < -0.3 is 19.9 Å². The summed E-state index contributed by atoms with van der Waals surface area (Å²) in [6.07, 6.45) is 2.50. The Morgan fingerprint density at radius 1 is 1.21 bits per heavy atom. The predicted octanol–water partition coefficient (Wildman–Crippen LogP) is 2.16. The average molecular weight is 267 g/mol. The van der Waals surface area contributed by atoms with Gasteiger partial charge in [0.2, 0.25) is 0 Å². The van der Waals surface area contributed by atoms with Crippen LogP contribution in [0.1, 0.15) is 30.7 Å². The molecule has 19 heavy (non-hydrogen) atoms. The van der Waals surface area contributed by atoms with Gasteiger partial charge in [-0.15, -0.1) is 0 Å². The van der Waals surface area contributed by atoms with Crippen LogP contribution in [0.4, 0.5) is 4.39 Å². The van der Waals surface area contributed by atoms with Crippen LogP contribution in [0.3, 0.4) is 0 Å². The highest BCUT2D eigenvalue weighted by Gasteiger charge is 2.28. The van der Waals surface area contributed by atoms with E-state index in [2.05, 4.69) is 5.32 Å². The van der Waals surface area contributed by atoms with Crippen LogP contribution in [0.15, 0.2) is 6.07 Å². The van der Waals surface area contributed by atoms with Gasteiger partial charge in [-0.05, 0) is 31.8 Å². The summed E-state index contributed by atoms with van der Waals surface area (Å²) in [5.74, 6) is 0.158. The van der Waals surface area contributed by atoms with Crippen molar-refractivity contribution < 1.29 is 19.0 Å². The number of halogens is 1. The van der Waals surface area contributed by atoms with Crippen molar-refractivity contribution in [3.63, 3.8) is 0 Å². The summed E-state index contributed by atoms with van der Waals surface area (Å²) in [5, 5.41) is 13.3. The van der Waals surface area contributed by atoms with E-state index in [1.165, 1.54) is 6.07 Å². The molecule has 1 aromatic carbocycles. The van der Waals surface area contributed by atoms with Gasteiger partial charge in [-0.25, -0.2) is 4.39 Å². The molecule has 0 saturated carbocycles. The largest absolute Gasteiger partial charge is 0.505 e. The van der Waals surface area contributed by atoms with Crippen molar-refractivity contribution in [2.75, 3.05) is 26.3 Å². The van der Waals surface area contributed by atoms with Crippen LogP contribution in [-0.4, -0.2) is 31.4 Å². The number of phenols is 1. The number of fused-ring (bicyclic) bond motifs is 1. The lowest BCUT2D eigenvalue weighted by molar-refractivity contribution is 0.294. The fourth-order valence-corrected chi connectivity index (χ4v) is 2.78. The number of benzene rings is 1. The number of phenolic OH excluding ortho intramolecular Hbond substituents is 1. The highest BCUT2D eigenvalue weighted by molar-refractivity contribution is 5.56. The normalized spacial score (nSPS) is 20.1. The molecule has 0 spiro atoms. The van der Waals surface area contributed by atoms with Crippen molar-refractivity contribution >= 4 is 0 Å². The Kier molecular flexibility index (Phi) is 3.46. The maximum atomic E-state index is 13.9. The number of piperidine rings is 1. The van der Waals surface area contributed by atoms with Gasteiger partial charge in [-0.2, -0.15) is 0 Å². The molecule has 5 heteroatoms. The zero-order valence-electron chi connectivity index (χ0n) is 10.7. The van der Waals surface area contributed by atoms with E-state index in [1.807, 2.05) is 0 Å². The van der Waals surface area contributed by atoms with Gasteiger partial charge in [0, 0.05) is 18.1 Å². The molecule has 0 amide bonds. The fourth-order valence-electron chi connectivity index (χ4n) is 2.78. The lowest BCUT2D eigenvalue weighted by Gasteiger charge is -2.26. The lowest BCUT2D eigenvalue weighted by Crippen LogP contribution is -2.27. The molecule has 0 aliphatic carbocycles. The molecule has 1 fully saturated rings.